The molecule has 0 bridgehead atoms. The zero-order chi connectivity index (χ0) is 16.4. The topological polar surface area (TPSA) is 74.3 Å². The molecule has 3 rings (SSSR count). The lowest BCUT2D eigenvalue weighted by Gasteiger charge is -2.14. The maximum atomic E-state index is 12.2. The minimum absolute atomic E-state index is 0.0407. The van der Waals surface area contributed by atoms with Gasteiger partial charge in [-0.25, -0.2) is 4.98 Å². The quantitative estimate of drug-likeness (QED) is 0.904. The number of carbonyl (C=O) groups is 2. The maximum absolute atomic E-state index is 12.2. The normalized spacial score (nSPS) is 12.9. The lowest BCUT2D eigenvalue weighted by Crippen LogP contribution is -2.25. The van der Waals surface area contributed by atoms with Gasteiger partial charge < -0.3 is 15.5 Å². The Kier molecular flexibility index (Phi) is 4.29. The summed E-state index contributed by atoms with van der Waals surface area (Å²) in [6, 6.07) is 5.62. The van der Waals surface area contributed by atoms with Crippen molar-refractivity contribution in [2.24, 2.45) is 0 Å². The number of aromatic nitrogens is 1. The third-order valence-corrected chi connectivity index (χ3v) is 4.48. The summed E-state index contributed by atoms with van der Waals surface area (Å²) in [6.07, 6.45) is 0.805. The summed E-state index contributed by atoms with van der Waals surface area (Å²) >= 11 is 1.41. The molecule has 1 aromatic carbocycles. The van der Waals surface area contributed by atoms with Crippen LogP contribution >= 0.6 is 11.3 Å². The monoisotopic (exact) mass is 330 g/mol. The SMILES string of the molecule is CCNc1nc(C(=O)Nc2ccc3c(c2)CCN3C(C)=O)cs1. The van der Waals surface area contributed by atoms with E-state index in [-0.39, 0.29) is 11.8 Å². The van der Waals surface area contributed by atoms with Crippen molar-refractivity contribution in [3.63, 3.8) is 0 Å². The number of fused-ring (bicyclic) bond motifs is 1. The van der Waals surface area contributed by atoms with Crippen LogP contribution in [0.4, 0.5) is 16.5 Å². The Labute approximate surface area is 138 Å². The van der Waals surface area contributed by atoms with Crippen LogP contribution in [0.3, 0.4) is 0 Å². The molecule has 0 unspecified atom stereocenters. The molecule has 1 aliphatic heterocycles. The summed E-state index contributed by atoms with van der Waals surface area (Å²) in [5.41, 5.74) is 3.12. The molecule has 0 spiro atoms. The van der Waals surface area contributed by atoms with Gasteiger partial charge in [-0.2, -0.15) is 0 Å². The van der Waals surface area contributed by atoms with Crippen LogP contribution in [-0.4, -0.2) is 29.9 Å². The first-order valence-electron chi connectivity index (χ1n) is 7.50. The van der Waals surface area contributed by atoms with Gasteiger partial charge in [0.1, 0.15) is 5.69 Å². The molecule has 23 heavy (non-hydrogen) atoms. The van der Waals surface area contributed by atoms with E-state index in [1.165, 1.54) is 11.3 Å². The highest BCUT2D eigenvalue weighted by Gasteiger charge is 2.22. The first-order valence-corrected chi connectivity index (χ1v) is 8.38. The summed E-state index contributed by atoms with van der Waals surface area (Å²) in [7, 11) is 0. The molecule has 6 nitrogen and oxygen atoms in total. The molecule has 0 fully saturated rings. The fourth-order valence-corrected chi connectivity index (χ4v) is 3.37. The molecular weight excluding hydrogens is 312 g/mol. The van der Waals surface area contributed by atoms with Gasteiger partial charge in [0.05, 0.1) is 0 Å². The van der Waals surface area contributed by atoms with E-state index in [9.17, 15) is 9.59 Å². The molecule has 1 aromatic heterocycles. The van der Waals surface area contributed by atoms with E-state index in [4.69, 9.17) is 0 Å². The van der Waals surface area contributed by atoms with Crippen LogP contribution in [0.1, 0.15) is 29.9 Å². The molecular formula is C16H18N4O2S. The third-order valence-electron chi connectivity index (χ3n) is 3.68. The Balaban J connectivity index is 1.73. The van der Waals surface area contributed by atoms with E-state index >= 15 is 0 Å². The van der Waals surface area contributed by atoms with Crippen LogP contribution in [0.25, 0.3) is 0 Å². The number of amides is 2. The summed E-state index contributed by atoms with van der Waals surface area (Å²) in [5, 5.41) is 8.42. The highest BCUT2D eigenvalue weighted by molar-refractivity contribution is 7.13. The van der Waals surface area contributed by atoms with Gasteiger partial charge in [0.15, 0.2) is 5.13 Å². The Bertz CT molecular complexity index is 756. The summed E-state index contributed by atoms with van der Waals surface area (Å²) < 4.78 is 0. The molecule has 120 valence electrons. The van der Waals surface area contributed by atoms with Gasteiger partial charge in [0, 0.05) is 36.8 Å². The van der Waals surface area contributed by atoms with Crippen molar-refractivity contribution in [2.45, 2.75) is 20.3 Å². The zero-order valence-electron chi connectivity index (χ0n) is 13.0. The van der Waals surface area contributed by atoms with Crippen molar-refractivity contribution in [3.8, 4) is 0 Å². The second kappa shape index (κ2) is 6.37. The number of nitrogens with one attached hydrogen (secondary N) is 2. The minimum Gasteiger partial charge on any atom is -0.362 e. The zero-order valence-corrected chi connectivity index (χ0v) is 13.9. The standard InChI is InChI=1S/C16H18N4O2S/c1-3-17-16-19-13(9-23-16)15(22)18-12-4-5-14-11(8-12)6-7-20(14)10(2)21/h4-5,8-9H,3,6-7H2,1-2H3,(H,17,19)(H,18,22). The summed E-state index contributed by atoms with van der Waals surface area (Å²) in [5.74, 6) is -0.189. The second-order valence-corrected chi connectivity index (χ2v) is 6.14. The molecule has 0 saturated heterocycles. The lowest BCUT2D eigenvalue weighted by atomic mass is 10.1. The van der Waals surface area contributed by atoms with Crippen LogP contribution in [0, 0.1) is 0 Å². The van der Waals surface area contributed by atoms with E-state index < -0.39 is 0 Å². The number of benzene rings is 1. The predicted molar refractivity (Wildman–Crippen MR) is 92.4 cm³/mol. The number of hydrogen-bond acceptors (Lipinski definition) is 5. The van der Waals surface area contributed by atoms with Crippen molar-refractivity contribution < 1.29 is 9.59 Å². The van der Waals surface area contributed by atoms with Crippen LogP contribution in [0.15, 0.2) is 23.6 Å². The smallest absolute Gasteiger partial charge is 0.275 e. The largest absolute Gasteiger partial charge is 0.362 e. The van der Waals surface area contributed by atoms with Crippen molar-refractivity contribution >= 4 is 39.7 Å². The number of hydrogen-bond donors (Lipinski definition) is 2. The number of rotatable bonds is 4. The summed E-state index contributed by atoms with van der Waals surface area (Å²) in [6.45, 7) is 5.01. The van der Waals surface area contributed by atoms with E-state index in [1.807, 2.05) is 25.1 Å². The fourth-order valence-electron chi connectivity index (χ4n) is 2.61. The van der Waals surface area contributed by atoms with Gasteiger partial charge in [-0.15, -0.1) is 11.3 Å². The Morgan fingerprint density at radius 1 is 1.39 bits per heavy atom. The summed E-state index contributed by atoms with van der Waals surface area (Å²) in [4.78, 5) is 29.8. The van der Waals surface area contributed by atoms with Crippen molar-refractivity contribution in [1.82, 2.24) is 4.98 Å². The van der Waals surface area contributed by atoms with Gasteiger partial charge in [-0.3, -0.25) is 9.59 Å². The molecule has 1 aliphatic rings. The number of nitrogens with zero attached hydrogens (tertiary/aromatic N) is 2. The van der Waals surface area contributed by atoms with Crippen LogP contribution < -0.4 is 15.5 Å². The van der Waals surface area contributed by atoms with E-state index in [0.717, 1.165) is 35.0 Å². The molecule has 2 heterocycles. The van der Waals surface area contributed by atoms with E-state index in [1.54, 1.807) is 17.2 Å². The first kappa shape index (κ1) is 15.5. The highest BCUT2D eigenvalue weighted by Crippen LogP contribution is 2.30. The van der Waals surface area contributed by atoms with E-state index in [0.29, 0.717) is 12.2 Å². The molecule has 0 atom stereocenters. The van der Waals surface area contributed by atoms with Crippen molar-refractivity contribution in [2.75, 3.05) is 28.6 Å². The highest BCUT2D eigenvalue weighted by atomic mass is 32.1. The van der Waals surface area contributed by atoms with Gasteiger partial charge >= 0.3 is 0 Å². The van der Waals surface area contributed by atoms with Crippen molar-refractivity contribution in [3.05, 3.63) is 34.8 Å². The van der Waals surface area contributed by atoms with E-state index in [2.05, 4.69) is 15.6 Å². The Morgan fingerprint density at radius 3 is 2.96 bits per heavy atom. The Hall–Kier alpha value is -2.41. The molecule has 7 heteroatoms. The minimum atomic E-state index is -0.230. The third kappa shape index (κ3) is 3.19. The van der Waals surface area contributed by atoms with Crippen LogP contribution in [-0.2, 0) is 11.2 Å². The first-order chi connectivity index (χ1) is 11.1. The van der Waals surface area contributed by atoms with Gasteiger partial charge in [0.25, 0.3) is 5.91 Å². The molecule has 0 radical (unpaired) electrons. The number of anilines is 3. The number of thiazole rings is 1. The maximum Gasteiger partial charge on any atom is 0.275 e. The van der Waals surface area contributed by atoms with Gasteiger partial charge in [-0.1, -0.05) is 0 Å². The molecule has 2 amide bonds. The molecule has 2 N–H and O–H groups in total. The van der Waals surface area contributed by atoms with Gasteiger partial charge in [0.2, 0.25) is 5.91 Å². The molecule has 0 saturated carbocycles. The van der Waals surface area contributed by atoms with Crippen LogP contribution in [0.5, 0.6) is 0 Å². The second-order valence-electron chi connectivity index (χ2n) is 5.29. The fraction of sp³-hybridized carbons (Fsp3) is 0.312. The number of carbonyl (C=O) groups excluding carboxylic acids is 2. The lowest BCUT2D eigenvalue weighted by molar-refractivity contribution is -0.116. The van der Waals surface area contributed by atoms with Gasteiger partial charge in [-0.05, 0) is 37.1 Å². The van der Waals surface area contributed by atoms with Crippen molar-refractivity contribution in [1.29, 1.82) is 0 Å². The average Bonchev–Trinajstić information content (AvgIpc) is 3.13. The Morgan fingerprint density at radius 2 is 2.22 bits per heavy atom. The van der Waals surface area contributed by atoms with Crippen LogP contribution in [0.2, 0.25) is 0 Å². The molecule has 2 aromatic rings. The molecule has 0 aliphatic carbocycles. The average molecular weight is 330 g/mol. The predicted octanol–water partition coefficient (Wildman–Crippen LogP) is 2.74.